The Bertz CT molecular complexity index is 122. The molecular weight excluding hydrogens is 184 g/mol. The van der Waals surface area contributed by atoms with E-state index in [1.807, 2.05) is 0 Å². The fourth-order valence-corrected chi connectivity index (χ4v) is 1.83. The van der Waals surface area contributed by atoms with Crippen LogP contribution in [-0.2, 0) is 0 Å². The summed E-state index contributed by atoms with van der Waals surface area (Å²) in [6.07, 6.45) is 3.86. The zero-order valence-electron chi connectivity index (χ0n) is 11.2. The molecular formula is C13H30N2. The molecule has 0 amide bonds. The fraction of sp³-hybridized carbons (Fsp3) is 1.00. The first-order valence-electron chi connectivity index (χ1n) is 6.71. The average molecular weight is 214 g/mol. The summed E-state index contributed by atoms with van der Waals surface area (Å²) < 4.78 is 0. The van der Waals surface area contributed by atoms with Gasteiger partial charge in [-0.15, -0.1) is 0 Å². The van der Waals surface area contributed by atoms with Crippen molar-refractivity contribution in [2.24, 2.45) is 5.92 Å². The fourth-order valence-electron chi connectivity index (χ4n) is 1.83. The van der Waals surface area contributed by atoms with E-state index < -0.39 is 0 Å². The molecule has 0 aliphatic heterocycles. The molecule has 2 heteroatoms. The van der Waals surface area contributed by atoms with E-state index in [9.17, 15) is 0 Å². The van der Waals surface area contributed by atoms with E-state index in [0.717, 1.165) is 19.0 Å². The van der Waals surface area contributed by atoms with Crippen LogP contribution < -0.4 is 5.32 Å². The second kappa shape index (κ2) is 10.4. The van der Waals surface area contributed by atoms with Crippen molar-refractivity contribution in [3.63, 3.8) is 0 Å². The molecule has 0 aromatic rings. The summed E-state index contributed by atoms with van der Waals surface area (Å²) in [4.78, 5) is 2.57. The van der Waals surface area contributed by atoms with Crippen LogP contribution in [0.5, 0.6) is 0 Å². The monoisotopic (exact) mass is 214 g/mol. The third kappa shape index (κ3) is 7.80. The molecule has 0 heterocycles. The van der Waals surface area contributed by atoms with Crippen LogP contribution in [0.25, 0.3) is 0 Å². The minimum atomic E-state index is 0.885. The van der Waals surface area contributed by atoms with Crippen LogP contribution in [0.3, 0.4) is 0 Å². The largest absolute Gasteiger partial charge is 0.315 e. The van der Waals surface area contributed by atoms with Crippen molar-refractivity contribution in [3.05, 3.63) is 0 Å². The van der Waals surface area contributed by atoms with E-state index >= 15 is 0 Å². The number of nitrogens with one attached hydrogen (secondary N) is 1. The zero-order valence-corrected chi connectivity index (χ0v) is 11.2. The summed E-state index contributed by atoms with van der Waals surface area (Å²) in [6, 6.07) is 0. The van der Waals surface area contributed by atoms with Crippen LogP contribution >= 0.6 is 0 Å². The van der Waals surface area contributed by atoms with Gasteiger partial charge >= 0.3 is 0 Å². The smallest absolute Gasteiger partial charge is 0.0107 e. The summed E-state index contributed by atoms with van der Waals surface area (Å²) in [7, 11) is 0. The van der Waals surface area contributed by atoms with Crippen LogP contribution in [0.15, 0.2) is 0 Å². The van der Waals surface area contributed by atoms with Gasteiger partial charge in [0.1, 0.15) is 0 Å². The van der Waals surface area contributed by atoms with E-state index in [4.69, 9.17) is 0 Å². The number of hydrogen-bond acceptors (Lipinski definition) is 2. The molecule has 15 heavy (non-hydrogen) atoms. The molecule has 2 nitrogen and oxygen atoms in total. The summed E-state index contributed by atoms with van der Waals surface area (Å²) in [5.41, 5.74) is 0. The van der Waals surface area contributed by atoms with Crippen molar-refractivity contribution < 1.29 is 0 Å². The Hall–Kier alpha value is -0.0800. The third-order valence-corrected chi connectivity index (χ3v) is 3.15. The number of rotatable bonds is 10. The summed E-state index contributed by atoms with van der Waals surface area (Å²) in [6.45, 7) is 15.0. The summed E-state index contributed by atoms with van der Waals surface area (Å²) in [5.74, 6) is 0.885. The van der Waals surface area contributed by atoms with Crippen molar-refractivity contribution in [3.8, 4) is 0 Å². The van der Waals surface area contributed by atoms with Crippen molar-refractivity contribution in [2.75, 3.05) is 32.7 Å². The molecule has 0 atom stereocenters. The van der Waals surface area contributed by atoms with Crippen molar-refractivity contribution in [1.82, 2.24) is 10.2 Å². The first kappa shape index (κ1) is 14.9. The van der Waals surface area contributed by atoms with Gasteiger partial charge in [-0.05, 0) is 25.4 Å². The average Bonchev–Trinajstić information content (AvgIpc) is 2.28. The molecule has 0 unspecified atom stereocenters. The van der Waals surface area contributed by atoms with Crippen LogP contribution in [0.4, 0.5) is 0 Å². The van der Waals surface area contributed by atoms with Gasteiger partial charge in [0.2, 0.25) is 0 Å². The third-order valence-electron chi connectivity index (χ3n) is 3.15. The lowest BCUT2D eigenvalue weighted by Crippen LogP contribution is -2.35. The molecule has 0 spiro atoms. The lowest BCUT2D eigenvalue weighted by Gasteiger charge is -2.25. The Morgan fingerprint density at radius 3 is 2.13 bits per heavy atom. The molecule has 0 aromatic heterocycles. The predicted molar refractivity (Wildman–Crippen MR) is 69.3 cm³/mol. The Balaban J connectivity index is 3.61. The van der Waals surface area contributed by atoms with E-state index in [2.05, 4.69) is 37.9 Å². The summed E-state index contributed by atoms with van der Waals surface area (Å²) in [5, 5.41) is 3.47. The molecule has 0 saturated carbocycles. The zero-order chi connectivity index (χ0) is 11.5. The minimum Gasteiger partial charge on any atom is -0.315 e. The second-order valence-electron chi connectivity index (χ2n) is 4.33. The van der Waals surface area contributed by atoms with Gasteiger partial charge in [-0.1, -0.05) is 40.5 Å². The Morgan fingerprint density at radius 1 is 1.00 bits per heavy atom. The highest BCUT2D eigenvalue weighted by Gasteiger charge is 2.08. The van der Waals surface area contributed by atoms with Gasteiger partial charge in [0.15, 0.2) is 0 Å². The van der Waals surface area contributed by atoms with Crippen molar-refractivity contribution in [2.45, 2.75) is 47.0 Å². The Morgan fingerprint density at radius 2 is 1.67 bits per heavy atom. The topological polar surface area (TPSA) is 15.3 Å². The maximum Gasteiger partial charge on any atom is 0.0107 e. The highest BCUT2D eigenvalue weighted by Crippen LogP contribution is 2.09. The Labute approximate surface area is 96.4 Å². The number of nitrogens with zero attached hydrogens (tertiary/aromatic N) is 1. The molecule has 0 radical (unpaired) electrons. The van der Waals surface area contributed by atoms with E-state index in [0.29, 0.717) is 0 Å². The molecule has 0 rings (SSSR count). The van der Waals surface area contributed by atoms with Gasteiger partial charge in [0.25, 0.3) is 0 Å². The van der Waals surface area contributed by atoms with Gasteiger partial charge in [-0.3, -0.25) is 0 Å². The molecule has 92 valence electrons. The highest BCUT2D eigenvalue weighted by molar-refractivity contribution is 4.64. The van der Waals surface area contributed by atoms with Gasteiger partial charge < -0.3 is 10.2 Å². The molecule has 0 fully saturated rings. The molecule has 0 aliphatic carbocycles. The highest BCUT2D eigenvalue weighted by atomic mass is 15.1. The van der Waals surface area contributed by atoms with E-state index in [-0.39, 0.29) is 0 Å². The normalized spacial score (nSPS) is 11.6. The van der Waals surface area contributed by atoms with Crippen LogP contribution in [0.2, 0.25) is 0 Å². The number of likely N-dealkylation sites (N-methyl/N-ethyl adjacent to an activating group) is 1. The summed E-state index contributed by atoms with van der Waals surface area (Å²) >= 11 is 0. The first-order valence-corrected chi connectivity index (χ1v) is 6.71. The predicted octanol–water partition coefficient (Wildman–Crippen LogP) is 2.74. The van der Waals surface area contributed by atoms with Gasteiger partial charge in [-0.2, -0.15) is 0 Å². The minimum absolute atomic E-state index is 0.885. The van der Waals surface area contributed by atoms with Crippen LogP contribution in [0, 0.1) is 5.92 Å². The SMILES string of the molecule is CCCNCCN(CC)CC(CC)CC. The molecule has 0 aliphatic rings. The quantitative estimate of drug-likeness (QED) is 0.563. The Kier molecular flexibility index (Phi) is 10.4. The second-order valence-corrected chi connectivity index (χ2v) is 4.33. The maximum absolute atomic E-state index is 3.47. The number of hydrogen-bond donors (Lipinski definition) is 1. The lowest BCUT2D eigenvalue weighted by atomic mass is 10.0. The van der Waals surface area contributed by atoms with Gasteiger partial charge in [0.05, 0.1) is 0 Å². The van der Waals surface area contributed by atoms with E-state index in [1.54, 1.807) is 0 Å². The van der Waals surface area contributed by atoms with Crippen LogP contribution in [-0.4, -0.2) is 37.6 Å². The maximum atomic E-state index is 3.47. The van der Waals surface area contributed by atoms with Crippen molar-refractivity contribution >= 4 is 0 Å². The molecule has 0 bridgehead atoms. The molecule has 0 aromatic carbocycles. The van der Waals surface area contributed by atoms with Crippen LogP contribution in [0.1, 0.15) is 47.0 Å². The van der Waals surface area contributed by atoms with Crippen molar-refractivity contribution in [1.29, 1.82) is 0 Å². The van der Waals surface area contributed by atoms with Gasteiger partial charge in [-0.25, -0.2) is 0 Å². The standard InChI is InChI=1S/C13H30N2/c1-5-9-14-10-11-15(8-4)12-13(6-2)7-3/h13-14H,5-12H2,1-4H3. The molecule has 0 saturated heterocycles. The molecule has 1 N–H and O–H groups in total. The lowest BCUT2D eigenvalue weighted by molar-refractivity contribution is 0.234. The van der Waals surface area contributed by atoms with E-state index in [1.165, 1.54) is 38.9 Å². The first-order chi connectivity index (χ1) is 7.28. The van der Waals surface area contributed by atoms with Gasteiger partial charge in [0, 0.05) is 19.6 Å².